The smallest absolute Gasteiger partial charge is 0.341 e. The lowest BCUT2D eigenvalue weighted by Crippen LogP contribution is -2.60. The fourth-order valence-corrected chi connectivity index (χ4v) is 4.72. The first kappa shape index (κ1) is 38.0. The van der Waals surface area contributed by atoms with Gasteiger partial charge in [-0.05, 0) is 12.0 Å². The van der Waals surface area contributed by atoms with E-state index in [-0.39, 0.29) is 18.9 Å². The van der Waals surface area contributed by atoms with Crippen LogP contribution in [0.3, 0.4) is 0 Å². The number of carbonyl (C=O) groups is 4. The van der Waals surface area contributed by atoms with Crippen molar-refractivity contribution >= 4 is 23.7 Å². The second-order valence-corrected chi connectivity index (χ2v) is 11.2. The Morgan fingerprint density at radius 1 is 0.791 bits per heavy atom. The molecule has 11 nitrogen and oxygen atoms in total. The van der Waals surface area contributed by atoms with E-state index in [1.54, 1.807) is 7.05 Å². The third-order valence-corrected chi connectivity index (χ3v) is 7.45. The maximum atomic E-state index is 13.1. The number of benzene rings is 1. The van der Waals surface area contributed by atoms with E-state index in [9.17, 15) is 19.2 Å². The van der Waals surface area contributed by atoms with Crippen molar-refractivity contribution in [2.45, 2.75) is 128 Å². The highest BCUT2D eigenvalue weighted by Crippen LogP contribution is 2.14. The summed E-state index contributed by atoms with van der Waals surface area (Å²) in [5, 5.41) is 13.3. The molecule has 0 aliphatic carbocycles. The number of carboxylic acid groups (broad SMARTS) is 1. The molecular formula is C32H55N5O6. The third-order valence-electron chi connectivity index (χ3n) is 7.45. The number of hydrogen-bond acceptors (Lipinski definition) is 7. The molecule has 0 saturated carbocycles. The molecule has 0 saturated heterocycles. The number of carbonyl (C=O) groups excluding carboxylic acids is 3. The number of amides is 3. The van der Waals surface area contributed by atoms with E-state index in [0.29, 0.717) is 13.0 Å². The van der Waals surface area contributed by atoms with Crippen LogP contribution in [0.15, 0.2) is 30.3 Å². The van der Waals surface area contributed by atoms with E-state index < -0.39 is 36.2 Å². The van der Waals surface area contributed by atoms with Crippen LogP contribution in [0.4, 0.5) is 0 Å². The average molecular weight is 606 g/mol. The predicted molar refractivity (Wildman–Crippen MR) is 167 cm³/mol. The summed E-state index contributed by atoms with van der Waals surface area (Å²) in [6, 6.07) is 8.63. The van der Waals surface area contributed by atoms with Gasteiger partial charge in [0, 0.05) is 26.5 Å². The lowest BCUT2D eigenvalue weighted by Gasteiger charge is -2.28. The molecule has 0 spiro atoms. The van der Waals surface area contributed by atoms with E-state index in [2.05, 4.69) is 12.2 Å². The molecule has 0 aromatic heterocycles. The van der Waals surface area contributed by atoms with Gasteiger partial charge in [-0.2, -0.15) is 0 Å². The number of hydrogen-bond donors (Lipinski definition) is 5. The Kier molecular flexibility index (Phi) is 20.7. The lowest BCUT2D eigenvalue weighted by molar-refractivity contribution is -0.143. The molecule has 43 heavy (non-hydrogen) atoms. The number of rotatable bonds is 25. The molecule has 0 bridgehead atoms. The summed E-state index contributed by atoms with van der Waals surface area (Å²) in [7, 11) is 1.55. The van der Waals surface area contributed by atoms with Crippen molar-refractivity contribution in [1.29, 1.82) is 0 Å². The van der Waals surface area contributed by atoms with E-state index in [0.717, 1.165) is 31.2 Å². The Bertz CT molecular complexity index is 932. The molecule has 3 amide bonds. The number of ether oxygens (including phenoxy) is 1. The molecule has 244 valence electrons. The van der Waals surface area contributed by atoms with Gasteiger partial charge in [-0.1, -0.05) is 114 Å². The average Bonchev–Trinajstić information content (AvgIpc) is 2.99. The van der Waals surface area contributed by atoms with Crippen molar-refractivity contribution < 1.29 is 29.0 Å². The summed E-state index contributed by atoms with van der Waals surface area (Å²) in [6.45, 7) is 2.77. The van der Waals surface area contributed by atoms with Gasteiger partial charge in [0.25, 0.3) is 5.91 Å². The molecule has 0 aliphatic heterocycles. The van der Waals surface area contributed by atoms with E-state index in [1.807, 2.05) is 35.6 Å². The van der Waals surface area contributed by atoms with Crippen LogP contribution in [0.5, 0.6) is 0 Å². The Hall–Kier alpha value is -3.02. The van der Waals surface area contributed by atoms with Crippen molar-refractivity contribution in [1.82, 2.24) is 15.5 Å². The minimum Gasteiger partial charge on any atom is -0.479 e. The number of unbranched alkanes of at least 4 members (excludes halogenated alkanes) is 12. The molecule has 1 aromatic rings. The molecule has 0 unspecified atom stereocenters. The van der Waals surface area contributed by atoms with Gasteiger partial charge in [0.2, 0.25) is 11.8 Å². The van der Waals surface area contributed by atoms with Crippen LogP contribution in [-0.2, 0) is 30.5 Å². The van der Waals surface area contributed by atoms with Crippen molar-refractivity contribution in [3.05, 3.63) is 35.9 Å². The number of nitrogens with zero attached hydrogens (tertiary/aromatic N) is 1. The quantitative estimate of drug-likeness (QED) is 0.0826. The van der Waals surface area contributed by atoms with Gasteiger partial charge in [0.05, 0.1) is 6.61 Å². The molecule has 0 heterocycles. The first-order valence-corrected chi connectivity index (χ1v) is 15.9. The summed E-state index contributed by atoms with van der Waals surface area (Å²) < 4.78 is 5.73. The molecule has 1 rings (SSSR count). The molecular weight excluding hydrogens is 550 g/mol. The predicted octanol–water partition coefficient (Wildman–Crippen LogP) is 3.79. The first-order chi connectivity index (χ1) is 20.7. The van der Waals surface area contributed by atoms with Crippen LogP contribution < -0.4 is 22.1 Å². The Labute approximate surface area is 257 Å². The van der Waals surface area contributed by atoms with Gasteiger partial charge in [-0.25, -0.2) is 4.79 Å². The van der Waals surface area contributed by atoms with Crippen molar-refractivity contribution in [2.75, 3.05) is 13.7 Å². The molecule has 0 fully saturated rings. The summed E-state index contributed by atoms with van der Waals surface area (Å²) >= 11 is 0. The number of likely N-dealkylation sites (N-methyl/N-ethyl adjacent to an activating group) is 1. The topological polar surface area (TPSA) is 177 Å². The molecule has 0 aliphatic rings. The zero-order valence-electron chi connectivity index (χ0n) is 26.2. The maximum Gasteiger partial charge on any atom is 0.341 e. The minimum atomic E-state index is -1.66. The molecule has 7 N–H and O–H groups in total. The SMILES string of the molecule is CCCCCCCCCCCCCCCC(=O)N(C)[C@H](CCOCc1ccccc1)C(=O)N[C@H](N)C(=O)N[C@@H](N)C(=O)O. The molecule has 3 atom stereocenters. The van der Waals surface area contributed by atoms with E-state index in [1.165, 1.54) is 62.7 Å². The number of nitrogens with one attached hydrogen (secondary N) is 2. The fourth-order valence-electron chi connectivity index (χ4n) is 4.72. The summed E-state index contributed by atoms with van der Waals surface area (Å²) in [5.41, 5.74) is 12.1. The zero-order chi connectivity index (χ0) is 31.9. The Morgan fingerprint density at radius 3 is 1.84 bits per heavy atom. The van der Waals surface area contributed by atoms with Crippen LogP contribution in [-0.4, -0.2) is 65.7 Å². The number of nitrogens with two attached hydrogens (primary N) is 2. The minimum absolute atomic E-state index is 0.183. The number of aliphatic carboxylic acids is 1. The van der Waals surface area contributed by atoms with Crippen LogP contribution in [0, 0.1) is 0 Å². The van der Waals surface area contributed by atoms with Crippen molar-refractivity contribution in [3.8, 4) is 0 Å². The highest BCUT2D eigenvalue weighted by atomic mass is 16.5. The fraction of sp³-hybridized carbons (Fsp3) is 0.688. The van der Waals surface area contributed by atoms with Gasteiger partial charge in [0.1, 0.15) is 6.04 Å². The zero-order valence-corrected chi connectivity index (χ0v) is 26.2. The standard InChI is InChI=1S/C32H55N5O6/c1-3-4-5-6-7-8-9-10-11-12-13-14-18-21-27(38)37(2)26(22-23-43-24-25-19-16-15-17-20-25)30(39)35-28(33)31(40)36-29(34)32(41)42/h15-17,19-20,26,28-29H,3-14,18,21-24,33-34H2,1-2H3,(H,35,39)(H,36,40)(H,41,42)/t26-,28+,29-/m1/s1. The molecule has 11 heteroatoms. The molecule has 0 radical (unpaired) electrons. The Morgan fingerprint density at radius 2 is 1.30 bits per heavy atom. The molecule has 1 aromatic carbocycles. The van der Waals surface area contributed by atoms with Gasteiger partial charge in [-0.3, -0.25) is 14.4 Å². The number of carboxylic acids is 1. The monoisotopic (exact) mass is 605 g/mol. The van der Waals surface area contributed by atoms with E-state index in [4.69, 9.17) is 21.3 Å². The second kappa shape index (κ2) is 23.4. The second-order valence-electron chi connectivity index (χ2n) is 11.2. The maximum absolute atomic E-state index is 13.1. The van der Waals surface area contributed by atoms with E-state index >= 15 is 0 Å². The van der Waals surface area contributed by atoms with Crippen molar-refractivity contribution in [3.63, 3.8) is 0 Å². The van der Waals surface area contributed by atoms with Gasteiger partial charge >= 0.3 is 5.97 Å². The summed E-state index contributed by atoms with van der Waals surface area (Å²) in [6.07, 6.45) is 13.0. The van der Waals surface area contributed by atoms with Crippen LogP contribution in [0.2, 0.25) is 0 Å². The van der Waals surface area contributed by atoms with Gasteiger partial charge in [0.15, 0.2) is 12.3 Å². The van der Waals surface area contributed by atoms with Gasteiger partial charge in [-0.15, -0.1) is 0 Å². The normalized spacial score (nSPS) is 13.1. The summed E-state index contributed by atoms with van der Waals surface area (Å²) in [4.78, 5) is 50.6. The largest absolute Gasteiger partial charge is 0.479 e. The highest BCUT2D eigenvalue weighted by Gasteiger charge is 2.29. The van der Waals surface area contributed by atoms with Crippen LogP contribution in [0.25, 0.3) is 0 Å². The third kappa shape index (κ3) is 17.6. The Balaban J connectivity index is 2.50. The lowest BCUT2D eigenvalue weighted by atomic mass is 10.0. The highest BCUT2D eigenvalue weighted by molar-refractivity contribution is 5.92. The van der Waals surface area contributed by atoms with Crippen LogP contribution >= 0.6 is 0 Å². The van der Waals surface area contributed by atoms with Crippen molar-refractivity contribution in [2.24, 2.45) is 11.5 Å². The first-order valence-electron chi connectivity index (χ1n) is 15.9. The van der Waals surface area contributed by atoms with Crippen LogP contribution in [0.1, 0.15) is 109 Å². The van der Waals surface area contributed by atoms with Gasteiger partial charge < -0.3 is 36.8 Å². The summed E-state index contributed by atoms with van der Waals surface area (Å²) in [5.74, 6) is -3.23.